The first-order valence-electron chi connectivity index (χ1n) is 10.8. The van der Waals surface area contributed by atoms with E-state index in [0.717, 1.165) is 31.8 Å². The number of nitrogens with one attached hydrogen (secondary N) is 3. The Kier molecular flexibility index (Phi) is 8.03. The molecule has 1 aliphatic rings. The second-order valence-corrected chi connectivity index (χ2v) is 8.22. The van der Waals surface area contributed by atoms with Crippen LogP contribution in [-0.4, -0.2) is 48.7 Å². The molecular weight excluding hydrogens is 392 g/mol. The number of amides is 3. The van der Waals surface area contributed by atoms with Gasteiger partial charge in [0.25, 0.3) is 5.91 Å². The average Bonchev–Trinajstić information content (AvgIpc) is 2.72. The molecule has 2 aromatic carbocycles. The Morgan fingerprint density at radius 1 is 1.13 bits per heavy atom. The maximum atomic E-state index is 12.8. The molecule has 0 aromatic heterocycles. The van der Waals surface area contributed by atoms with E-state index in [0.29, 0.717) is 17.8 Å². The van der Waals surface area contributed by atoms with Gasteiger partial charge in [-0.1, -0.05) is 36.4 Å². The van der Waals surface area contributed by atoms with Gasteiger partial charge in [0.05, 0.1) is 24.0 Å². The van der Waals surface area contributed by atoms with Gasteiger partial charge in [-0.2, -0.15) is 0 Å². The van der Waals surface area contributed by atoms with Crippen molar-refractivity contribution in [3.8, 4) is 0 Å². The molecule has 1 heterocycles. The van der Waals surface area contributed by atoms with Crippen LogP contribution >= 0.6 is 0 Å². The number of benzene rings is 2. The zero-order valence-corrected chi connectivity index (χ0v) is 18.5. The molecule has 1 atom stereocenters. The summed E-state index contributed by atoms with van der Waals surface area (Å²) in [5.41, 5.74) is 3.16. The lowest BCUT2D eigenvalue weighted by Gasteiger charge is -2.31. The summed E-state index contributed by atoms with van der Waals surface area (Å²) in [6, 6.07) is 14.9. The molecule has 0 radical (unpaired) electrons. The van der Waals surface area contributed by atoms with E-state index in [9.17, 15) is 9.59 Å². The Hall–Kier alpha value is -2.90. The number of urea groups is 1. The number of rotatable bonds is 7. The maximum Gasteiger partial charge on any atom is 0.319 e. The topological polar surface area (TPSA) is 82.7 Å². The van der Waals surface area contributed by atoms with Crippen molar-refractivity contribution in [1.82, 2.24) is 15.5 Å². The number of anilines is 1. The minimum atomic E-state index is -0.333. The summed E-state index contributed by atoms with van der Waals surface area (Å²) >= 11 is 0. The fourth-order valence-corrected chi connectivity index (χ4v) is 3.62. The molecule has 7 nitrogen and oxygen atoms in total. The van der Waals surface area contributed by atoms with Gasteiger partial charge in [0.15, 0.2) is 0 Å². The van der Waals surface area contributed by atoms with Gasteiger partial charge < -0.3 is 20.7 Å². The lowest BCUT2D eigenvalue weighted by molar-refractivity contribution is -0.0212. The van der Waals surface area contributed by atoms with Crippen LogP contribution in [-0.2, 0) is 17.8 Å². The molecule has 3 amide bonds. The lowest BCUT2D eigenvalue weighted by atomic mass is 10.1. The summed E-state index contributed by atoms with van der Waals surface area (Å²) in [7, 11) is 0. The van der Waals surface area contributed by atoms with Crippen LogP contribution in [0.3, 0.4) is 0 Å². The Balaban J connectivity index is 1.59. The number of nitrogens with zero attached hydrogens (tertiary/aromatic N) is 1. The van der Waals surface area contributed by atoms with Crippen molar-refractivity contribution >= 4 is 17.6 Å². The summed E-state index contributed by atoms with van der Waals surface area (Å²) in [4.78, 5) is 27.2. The molecule has 3 rings (SSSR count). The second-order valence-electron chi connectivity index (χ2n) is 8.22. The molecule has 166 valence electrons. The van der Waals surface area contributed by atoms with Gasteiger partial charge in [-0.15, -0.1) is 0 Å². The quantitative estimate of drug-likeness (QED) is 0.636. The minimum Gasteiger partial charge on any atom is -0.376 e. The molecule has 0 bridgehead atoms. The number of morpholine rings is 1. The molecule has 7 heteroatoms. The van der Waals surface area contributed by atoms with Gasteiger partial charge in [-0.05, 0) is 44.0 Å². The van der Waals surface area contributed by atoms with Crippen LogP contribution in [0.5, 0.6) is 0 Å². The average molecular weight is 425 g/mol. The van der Waals surface area contributed by atoms with Gasteiger partial charge in [0.2, 0.25) is 0 Å². The highest BCUT2D eigenvalue weighted by Crippen LogP contribution is 2.16. The van der Waals surface area contributed by atoms with Crippen LogP contribution in [0.15, 0.2) is 48.5 Å². The summed E-state index contributed by atoms with van der Waals surface area (Å²) in [6.07, 6.45) is 0.257. The molecular formula is C24H32N4O3. The molecule has 1 unspecified atom stereocenters. The number of para-hydroxylation sites is 1. The van der Waals surface area contributed by atoms with Crippen molar-refractivity contribution in [2.75, 3.05) is 25.0 Å². The Bertz CT molecular complexity index is 900. The summed E-state index contributed by atoms with van der Waals surface area (Å²) < 4.78 is 5.61. The second kappa shape index (κ2) is 10.9. The molecule has 0 spiro atoms. The van der Waals surface area contributed by atoms with Gasteiger partial charge in [0.1, 0.15) is 0 Å². The summed E-state index contributed by atoms with van der Waals surface area (Å²) in [5, 5.41) is 8.48. The van der Waals surface area contributed by atoms with E-state index in [1.165, 1.54) is 5.56 Å². The molecule has 31 heavy (non-hydrogen) atoms. The van der Waals surface area contributed by atoms with E-state index in [4.69, 9.17) is 4.74 Å². The van der Waals surface area contributed by atoms with Crippen molar-refractivity contribution < 1.29 is 14.3 Å². The van der Waals surface area contributed by atoms with Crippen LogP contribution in [0.1, 0.15) is 42.3 Å². The fourth-order valence-electron chi connectivity index (χ4n) is 3.62. The molecule has 0 saturated carbocycles. The molecule has 1 fully saturated rings. The lowest BCUT2D eigenvalue weighted by Crippen LogP contribution is -2.40. The van der Waals surface area contributed by atoms with Crippen LogP contribution in [0.2, 0.25) is 0 Å². The largest absolute Gasteiger partial charge is 0.376 e. The Labute approximate surface area is 184 Å². The summed E-state index contributed by atoms with van der Waals surface area (Å²) in [6.45, 7) is 9.76. The van der Waals surface area contributed by atoms with Crippen LogP contribution in [0.25, 0.3) is 0 Å². The first-order valence-corrected chi connectivity index (χ1v) is 10.8. The van der Waals surface area contributed by atoms with Gasteiger partial charge in [-0.25, -0.2) is 4.79 Å². The van der Waals surface area contributed by atoms with E-state index in [-0.39, 0.29) is 24.1 Å². The van der Waals surface area contributed by atoms with Crippen LogP contribution in [0.4, 0.5) is 10.5 Å². The highest BCUT2D eigenvalue weighted by Gasteiger charge is 2.17. The smallest absolute Gasteiger partial charge is 0.319 e. The number of carbonyl (C=O) groups excluding carboxylic acids is 2. The van der Waals surface area contributed by atoms with E-state index in [2.05, 4.69) is 39.9 Å². The van der Waals surface area contributed by atoms with E-state index >= 15 is 0 Å². The molecule has 1 saturated heterocycles. The number of hydrogen-bond acceptors (Lipinski definition) is 4. The van der Waals surface area contributed by atoms with Crippen molar-refractivity contribution in [1.29, 1.82) is 0 Å². The molecule has 1 aliphatic heterocycles. The van der Waals surface area contributed by atoms with E-state index in [1.54, 1.807) is 24.3 Å². The highest BCUT2D eigenvalue weighted by molar-refractivity contribution is 6.03. The first-order chi connectivity index (χ1) is 14.9. The predicted octanol–water partition coefficient (Wildman–Crippen LogP) is 3.37. The standard InChI is InChI=1S/C24H32N4O3/c1-17(2)26-24(30)27-22-10-5-4-9-21(22)23(29)25-14-19-7-6-8-20(13-19)16-28-11-12-31-18(3)15-28/h4-10,13,17-18H,11-12,14-16H2,1-3H3,(H,25,29)(H2,26,27,30). The first kappa shape index (κ1) is 22.8. The third kappa shape index (κ3) is 7.08. The van der Waals surface area contributed by atoms with Crippen molar-refractivity contribution in [2.24, 2.45) is 0 Å². The van der Waals surface area contributed by atoms with Gasteiger partial charge in [0, 0.05) is 32.2 Å². The predicted molar refractivity (Wildman–Crippen MR) is 122 cm³/mol. The van der Waals surface area contributed by atoms with Gasteiger partial charge in [-0.3, -0.25) is 9.69 Å². The molecule has 2 aromatic rings. The van der Waals surface area contributed by atoms with Crippen LogP contribution < -0.4 is 16.0 Å². The fraction of sp³-hybridized carbons (Fsp3) is 0.417. The zero-order valence-electron chi connectivity index (χ0n) is 18.5. The molecule has 3 N–H and O–H groups in total. The van der Waals surface area contributed by atoms with Crippen LogP contribution in [0, 0.1) is 0 Å². The monoisotopic (exact) mass is 424 g/mol. The van der Waals surface area contributed by atoms with Crippen molar-refractivity contribution in [3.05, 3.63) is 65.2 Å². The van der Waals surface area contributed by atoms with E-state index < -0.39 is 0 Å². The zero-order chi connectivity index (χ0) is 22.2. The van der Waals surface area contributed by atoms with Crippen molar-refractivity contribution in [3.63, 3.8) is 0 Å². The normalized spacial score (nSPS) is 16.7. The summed E-state index contributed by atoms with van der Waals surface area (Å²) in [5.74, 6) is -0.229. The highest BCUT2D eigenvalue weighted by atomic mass is 16.5. The SMILES string of the molecule is CC(C)NC(=O)Nc1ccccc1C(=O)NCc1cccc(CN2CCOC(C)C2)c1. The van der Waals surface area contributed by atoms with E-state index in [1.807, 2.05) is 26.0 Å². The third-order valence-corrected chi connectivity index (χ3v) is 5.02. The number of carbonyl (C=O) groups is 2. The Morgan fingerprint density at radius 2 is 1.90 bits per heavy atom. The van der Waals surface area contributed by atoms with Crippen molar-refractivity contribution in [2.45, 2.75) is 46.0 Å². The Morgan fingerprint density at radius 3 is 2.68 bits per heavy atom. The molecule has 0 aliphatic carbocycles. The number of ether oxygens (including phenoxy) is 1. The number of hydrogen-bond donors (Lipinski definition) is 3. The maximum absolute atomic E-state index is 12.8. The van der Waals surface area contributed by atoms with Gasteiger partial charge >= 0.3 is 6.03 Å². The third-order valence-electron chi connectivity index (χ3n) is 5.02. The minimum absolute atomic E-state index is 0.00828.